The molecule has 1 atom stereocenters. The van der Waals surface area contributed by atoms with Gasteiger partial charge in [-0.1, -0.05) is 23.1 Å². The molecule has 1 unspecified atom stereocenters. The van der Waals surface area contributed by atoms with Gasteiger partial charge in [0.2, 0.25) is 11.0 Å². The Morgan fingerprint density at radius 3 is 3.25 bits per heavy atom. The van der Waals surface area contributed by atoms with Crippen LogP contribution < -0.4 is 10.6 Å². The van der Waals surface area contributed by atoms with Gasteiger partial charge in [-0.15, -0.1) is 21.5 Å². The van der Waals surface area contributed by atoms with Crippen LogP contribution in [0.5, 0.6) is 0 Å². The number of thioether (sulfide) groups is 1. The van der Waals surface area contributed by atoms with Crippen molar-refractivity contribution in [1.82, 2.24) is 10.2 Å². The van der Waals surface area contributed by atoms with Gasteiger partial charge in [-0.2, -0.15) is 5.26 Å². The number of rotatable bonds is 7. The highest BCUT2D eigenvalue weighted by Crippen LogP contribution is 2.27. The topological polar surface area (TPSA) is 99.9 Å². The van der Waals surface area contributed by atoms with Gasteiger partial charge in [-0.05, 0) is 24.3 Å². The minimum absolute atomic E-state index is 0.164. The monoisotopic (exact) mass is 381 g/mol. The van der Waals surface area contributed by atoms with Crippen molar-refractivity contribution in [3.63, 3.8) is 0 Å². The van der Waals surface area contributed by atoms with E-state index in [-0.39, 0.29) is 17.8 Å². The lowest BCUT2D eigenvalue weighted by Crippen LogP contribution is -2.18. The molecule has 0 saturated carbocycles. The highest BCUT2D eigenvalue weighted by molar-refractivity contribution is 8.01. The molecule has 1 fully saturated rings. The maximum atomic E-state index is 11.9. The molecule has 1 aliphatic rings. The summed E-state index contributed by atoms with van der Waals surface area (Å²) >= 11 is 4.08. The van der Waals surface area contributed by atoms with Crippen molar-refractivity contribution in [1.29, 1.82) is 5.26 Å². The van der Waals surface area contributed by atoms with Gasteiger partial charge >= 0.3 is 0 Å². The van der Waals surface area contributed by atoms with E-state index in [1.165, 1.54) is 34.4 Å². The number of hydrogen-bond acceptors (Lipinski definition) is 9. The highest BCUT2D eigenvalue weighted by Gasteiger charge is 2.16. The quantitative estimate of drug-likeness (QED) is 0.711. The number of carbonyl (C=O) groups is 1. The zero-order chi connectivity index (χ0) is 16.8. The average molecular weight is 382 g/mol. The predicted molar refractivity (Wildman–Crippen MR) is 95.8 cm³/mol. The lowest BCUT2D eigenvalue weighted by atomic mass is 10.2. The first-order valence-corrected chi connectivity index (χ1v) is 10.0. The van der Waals surface area contributed by atoms with Gasteiger partial charge in [-0.25, -0.2) is 0 Å². The van der Waals surface area contributed by atoms with E-state index in [9.17, 15) is 4.79 Å². The van der Waals surface area contributed by atoms with E-state index in [2.05, 4.69) is 20.8 Å². The first-order valence-electron chi connectivity index (χ1n) is 7.34. The molecule has 0 aromatic carbocycles. The summed E-state index contributed by atoms with van der Waals surface area (Å²) in [5.41, 5.74) is 0.481. The molecular formula is C14H15N5O2S3. The fourth-order valence-corrected chi connectivity index (χ4v) is 4.44. The molecule has 1 amide bonds. The standard InChI is InChI=1S/C14H15N5O2S3/c15-6-9-3-5-22-12(9)17-11(20)8-23-14-19-18-13(24-14)16-7-10-2-1-4-21-10/h3,5,10H,1-2,4,7-8H2,(H,16,18)(H,17,20). The second kappa shape index (κ2) is 8.43. The van der Waals surface area contributed by atoms with Crippen LogP contribution in [-0.2, 0) is 9.53 Å². The summed E-state index contributed by atoms with van der Waals surface area (Å²) in [7, 11) is 0. The second-order valence-corrected chi connectivity index (χ2v) is 8.12. The third-order valence-corrected chi connectivity index (χ3v) is 6.12. The molecule has 24 heavy (non-hydrogen) atoms. The normalized spacial score (nSPS) is 16.7. The van der Waals surface area contributed by atoms with E-state index in [1.807, 2.05) is 6.07 Å². The Balaban J connectivity index is 1.43. The molecule has 3 heterocycles. The Bertz CT molecular complexity index is 733. The van der Waals surface area contributed by atoms with E-state index < -0.39 is 0 Å². The van der Waals surface area contributed by atoms with Crippen LogP contribution in [0.1, 0.15) is 18.4 Å². The summed E-state index contributed by atoms with van der Waals surface area (Å²) in [6.45, 7) is 1.56. The summed E-state index contributed by atoms with van der Waals surface area (Å²) < 4.78 is 6.27. The van der Waals surface area contributed by atoms with Crippen LogP contribution in [0.3, 0.4) is 0 Å². The number of aromatic nitrogens is 2. The van der Waals surface area contributed by atoms with Gasteiger partial charge in [0.15, 0.2) is 4.34 Å². The van der Waals surface area contributed by atoms with Crippen molar-refractivity contribution in [3.8, 4) is 6.07 Å². The molecule has 10 heteroatoms. The van der Waals surface area contributed by atoms with Gasteiger partial charge in [0, 0.05) is 13.2 Å². The first-order chi connectivity index (χ1) is 11.7. The van der Waals surface area contributed by atoms with Crippen molar-refractivity contribution in [2.24, 2.45) is 0 Å². The van der Waals surface area contributed by atoms with E-state index in [0.717, 1.165) is 35.5 Å². The zero-order valence-electron chi connectivity index (χ0n) is 12.7. The Morgan fingerprint density at radius 2 is 2.46 bits per heavy atom. The molecule has 0 bridgehead atoms. The van der Waals surface area contributed by atoms with Crippen LogP contribution in [0, 0.1) is 11.3 Å². The van der Waals surface area contributed by atoms with Gasteiger partial charge < -0.3 is 15.4 Å². The number of carbonyl (C=O) groups excluding carboxylic acids is 1. The molecule has 2 aromatic heterocycles. The number of amides is 1. The summed E-state index contributed by atoms with van der Waals surface area (Å²) in [6, 6.07) is 3.73. The molecule has 1 aliphatic heterocycles. The van der Waals surface area contributed by atoms with E-state index in [0.29, 0.717) is 10.6 Å². The molecule has 2 N–H and O–H groups in total. The molecule has 126 valence electrons. The SMILES string of the molecule is N#Cc1ccsc1NC(=O)CSc1nnc(NCC2CCCO2)s1. The zero-order valence-corrected chi connectivity index (χ0v) is 15.1. The van der Waals surface area contributed by atoms with Crippen LogP contribution in [-0.4, -0.2) is 41.1 Å². The van der Waals surface area contributed by atoms with Gasteiger partial charge in [-0.3, -0.25) is 4.79 Å². The highest BCUT2D eigenvalue weighted by atomic mass is 32.2. The Kier molecular flexibility index (Phi) is 6.03. The molecule has 0 spiro atoms. The van der Waals surface area contributed by atoms with Crippen molar-refractivity contribution in [2.45, 2.75) is 23.3 Å². The number of thiophene rings is 1. The largest absolute Gasteiger partial charge is 0.376 e. The fourth-order valence-electron chi connectivity index (χ4n) is 2.13. The number of nitriles is 1. The summed E-state index contributed by atoms with van der Waals surface area (Å²) in [5, 5.41) is 26.1. The minimum Gasteiger partial charge on any atom is -0.376 e. The Labute approximate surface area is 151 Å². The van der Waals surface area contributed by atoms with E-state index in [4.69, 9.17) is 10.00 Å². The number of ether oxygens (including phenoxy) is 1. The lowest BCUT2D eigenvalue weighted by molar-refractivity contribution is -0.113. The number of nitrogens with one attached hydrogen (secondary N) is 2. The van der Waals surface area contributed by atoms with Crippen LogP contribution in [0.15, 0.2) is 15.8 Å². The summed E-state index contributed by atoms with van der Waals surface area (Å²) in [6.07, 6.45) is 2.42. The van der Waals surface area contributed by atoms with Gasteiger partial charge in [0.05, 0.1) is 17.4 Å². The van der Waals surface area contributed by atoms with Crippen molar-refractivity contribution >= 4 is 50.5 Å². The van der Waals surface area contributed by atoms with Crippen LogP contribution in [0.2, 0.25) is 0 Å². The minimum atomic E-state index is -0.164. The molecule has 7 nitrogen and oxygen atoms in total. The third-order valence-electron chi connectivity index (χ3n) is 3.28. The van der Waals surface area contributed by atoms with Gasteiger partial charge in [0.25, 0.3) is 0 Å². The smallest absolute Gasteiger partial charge is 0.235 e. The number of anilines is 2. The summed E-state index contributed by atoms with van der Waals surface area (Å²) in [5.74, 6) is 0.0615. The molecule has 2 aromatic rings. The second-order valence-electron chi connectivity index (χ2n) is 5.00. The maximum Gasteiger partial charge on any atom is 0.235 e. The van der Waals surface area contributed by atoms with Crippen molar-refractivity contribution in [3.05, 3.63) is 17.0 Å². The molecule has 3 rings (SSSR count). The van der Waals surface area contributed by atoms with Crippen LogP contribution in [0.25, 0.3) is 0 Å². The van der Waals surface area contributed by atoms with Crippen molar-refractivity contribution in [2.75, 3.05) is 29.5 Å². The van der Waals surface area contributed by atoms with Crippen LogP contribution >= 0.6 is 34.4 Å². The maximum absolute atomic E-state index is 11.9. The third kappa shape index (κ3) is 4.67. The van der Waals surface area contributed by atoms with E-state index in [1.54, 1.807) is 11.4 Å². The molecule has 0 radical (unpaired) electrons. The average Bonchev–Trinajstić information content (AvgIpc) is 3.32. The molecule has 1 saturated heterocycles. The lowest BCUT2D eigenvalue weighted by Gasteiger charge is -2.08. The molecule has 0 aliphatic carbocycles. The number of hydrogen-bond donors (Lipinski definition) is 2. The molecular weight excluding hydrogens is 366 g/mol. The number of nitrogens with zero attached hydrogens (tertiary/aromatic N) is 3. The summed E-state index contributed by atoms with van der Waals surface area (Å²) in [4.78, 5) is 11.9. The Morgan fingerprint density at radius 1 is 1.54 bits per heavy atom. The fraction of sp³-hybridized carbons (Fsp3) is 0.429. The van der Waals surface area contributed by atoms with Gasteiger partial charge in [0.1, 0.15) is 11.1 Å². The Hall–Kier alpha value is -1.67. The van der Waals surface area contributed by atoms with Crippen molar-refractivity contribution < 1.29 is 9.53 Å². The van der Waals surface area contributed by atoms with Crippen LogP contribution in [0.4, 0.5) is 10.1 Å². The predicted octanol–water partition coefficient (Wildman–Crippen LogP) is 2.79. The first kappa shape index (κ1) is 17.2. The van der Waals surface area contributed by atoms with E-state index >= 15 is 0 Å².